The molecule has 2 rings (SSSR count). The normalized spacial score (nSPS) is 24.4. The zero-order valence-corrected chi connectivity index (χ0v) is 15.8. The van der Waals surface area contributed by atoms with Crippen LogP contribution in [0, 0.1) is 0 Å². The Labute approximate surface area is 146 Å². The fraction of sp³-hybridized carbons (Fsp3) is 0.944. The van der Waals surface area contributed by atoms with E-state index in [0.717, 1.165) is 32.5 Å². The van der Waals surface area contributed by atoms with E-state index in [-0.39, 0.29) is 6.09 Å². The number of rotatable bonds is 5. The molecule has 0 bridgehead atoms. The van der Waals surface area contributed by atoms with Crippen LogP contribution in [-0.4, -0.2) is 77.5 Å². The van der Waals surface area contributed by atoms with E-state index >= 15 is 0 Å². The molecule has 0 aromatic heterocycles. The predicted octanol–water partition coefficient (Wildman–Crippen LogP) is 1.82. The molecule has 2 fully saturated rings. The van der Waals surface area contributed by atoms with Crippen molar-refractivity contribution in [3.05, 3.63) is 0 Å². The molecule has 2 saturated heterocycles. The lowest BCUT2D eigenvalue weighted by Gasteiger charge is -2.42. The molecule has 6 heteroatoms. The Balaban J connectivity index is 1.87. The van der Waals surface area contributed by atoms with Crippen LogP contribution in [0.25, 0.3) is 0 Å². The second-order valence-electron chi connectivity index (χ2n) is 8.31. The van der Waals surface area contributed by atoms with Gasteiger partial charge in [0.15, 0.2) is 0 Å². The SMILES string of the molecule is CCCN(CC1(O)CCN(C(=O)OC(C)(C)C)CC1)C1CCNC1. The van der Waals surface area contributed by atoms with Gasteiger partial charge in [0, 0.05) is 32.2 Å². The minimum Gasteiger partial charge on any atom is -0.444 e. The third-order valence-electron chi connectivity index (χ3n) is 4.90. The molecule has 0 spiro atoms. The van der Waals surface area contributed by atoms with Gasteiger partial charge in [0.05, 0.1) is 5.60 Å². The Bertz CT molecular complexity index is 408. The van der Waals surface area contributed by atoms with Crippen molar-refractivity contribution < 1.29 is 14.6 Å². The summed E-state index contributed by atoms with van der Waals surface area (Å²) in [4.78, 5) is 16.3. The lowest BCUT2D eigenvalue weighted by Crippen LogP contribution is -2.54. The predicted molar refractivity (Wildman–Crippen MR) is 95.1 cm³/mol. The second kappa shape index (κ2) is 8.02. The van der Waals surface area contributed by atoms with Crippen LogP contribution in [0.3, 0.4) is 0 Å². The fourth-order valence-electron chi connectivity index (χ4n) is 3.60. The van der Waals surface area contributed by atoms with Crippen LogP contribution in [0.1, 0.15) is 53.4 Å². The van der Waals surface area contributed by atoms with Crippen LogP contribution >= 0.6 is 0 Å². The topological polar surface area (TPSA) is 65.0 Å². The average molecular weight is 341 g/mol. The van der Waals surface area contributed by atoms with Crippen LogP contribution in [0.4, 0.5) is 4.79 Å². The Hall–Kier alpha value is -0.850. The number of nitrogens with one attached hydrogen (secondary N) is 1. The fourth-order valence-corrected chi connectivity index (χ4v) is 3.60. The number of amides is 1. The van der Waals surface area contributed by atoms with Gasteiger partial charge in [-0.2, -0.15) is 0 Å². The molecule has 1 atom stereocenters. The van der Waals surface area contributed by atoms with Crippen molar-refractivity contribution >= 4 is 6.09 Å². The molecule has 6 nitrogen and oxygen atoms in total. The van der Waals surface area contributed by atoms with Gasteiger partial charge < -0.3 is 20.1 Å². The third kappa shape index (κ3) is 5.60. The van der Waals surface area contributed by atoms with Crippen LogP contribution in [-0.2, 0) is 4.74 Å². The molecule has 1 amide bonds. The van der Waals surface area contributed by atoms with Crippen molar-refractivity contribution in [2.24, 2.45) is 0 Å². The highest BCUT2D eigenvalue weighted by Crippen LogP contribution is 2.26. The Morgan fingerprint density at radius 3 is 2.54 bits per heavy atom. The summed E-state index contributed by atoms with van der Waals surface area (Å²) >= 11 is 0. The summed E-state index contributed by atoms with van der Waals surface area (Å²) in [6, 6.07) is 0.526. The summed E-state index contributed by atoms with van der Waals surface area (Å²) in [5.74, 6) is 0. The Morgan fingerprint density at radius 2 is 2.04 bits per heavy atom. The Kier molecular flexibility index (Phi) is 6.51. The zero-order chi connectivity index (χ0) is 17.8. The van der Waals surface area contributed by atoms with E-state index in [2.05, 4.69) is 17.1 Å². The first-order valence-electron chi connectivity index (χ1n) is 9.37. The first kappa shape index (κ1) is 19.5. The first-order chi connectivity index (χ1) is 11.2. The highest BCUT2D eigenvalue weighted by molar-refractivity contribution is 5.68. The van der Waals surface area contributed by atoms with E-state index in [1.54, 1.807) is 4.90 Å². The number of piperidine rings is 1. The number of nitrogens with zero attached hydrogens (tertiary/aromatic N) is 2. The van der Waals surface area contributed by atoms with E-state index in [9.17, 15) is 9.90 Å². The van der Waals surface area contributed by atoms with Crippen molar-refractivity contribution in [3.8, 4) is 0 Å². The lowest BCUT2D eigenvalue weighted by molar-refractivity contribution is -0.0555. The van der Waals surface area contributed by atoms with Gasteiger partial charge in [-0.25, -0.2) is 4.79 Å². The Morgan fingerprint density at radius 1 is 1.38 bits per heavy atom. The van der Waals surface area contributed by atoms with Gasteiger partial charge in [-0.1, -0.05) is 6.92 Å². The standard InChI is InChI=1S/C18H35N3O3/c1-5-10-21(15-6-9-19-13-15)14-18(23)7-11-20(12-8-18)16(22)24-17(2,3)4/h15,19,23H,5-14H2,1-4H3. The quantitative estimate of drug-likeness (QED) is 0.799. The van der Waals surface area contributed by atoms with Crippen LogP contribution in [0.5, 0.6) is 0 Å². The van der Waals surface area contributed by atoms with E-state index in [4.69, 9.17) is 4.74 Å². The number of hydrogen-bond donors (Lipinski definition) is 2. The molecule has 0 aromatic rings. The molecule has 2 N–H and O–H groups in total. The minimum absolute atomic E-state index is 0.269. The van der Waals surface area contributed by atoms with Crippen LogP contribution in [0.15, 0.2) is 0 Å². The molecule has 2 heterocycles. The number of carbonyl (C=O) groups excluding carboxylic acids is 1. The van der Waals surface area contributed by atoms with Gasteiger partial charge >= 0.3 is 6.09 Å². The monoisotopic (exact) mass is 341 g/mol. The molecule has 0 saturated carbocycles. The highest BCUT2D eigenvalue weighted by atomic mass is 16.6. The smallest absolute Gasteiger partial charge is 0.410 e. The number of aliphatic hydroxyl groups is 1. The van der Waals surface area contributed by atoms with Crippen LogP contribution < -0.4 is 5.32 Å². The molecule has 0 aliphatic carbocycles. The molecule has 1 unspecified atom stereocenters. The van der Waals surface area contributed by atoms with Crippen molar-refractivity contribution in [1.82, 2.24) is 15.1 Å². The maximum Gasteiger partial charge on any atom is 0.410 e. The van der Waals surface area contributed by atoms with E-state index in [1.807, 2.05) is 20.8 Å². The first-order valence-corrected chi connectivity index (χ1v) is 9.37. The van der Waals surface area contributed by atoms with Gasteiger partial charge in [0.2, 0.25) is 0 Å². The largest absolute Gasteiger partial charge is 0.444 e. The highest BCUT2D eigenvalue weighted by Gasteiger charge is 2.38. The van der Waals surface area contributed by atoms with Crippen molar-refractivity contribution in [2.75, 3.05) is 39.3 Å². The van der Waals surface area contributed by atoms with E-state index in [0.29, 0.717) is 38.5 Å². The van der Waals surface area contributed by atoms with Crippen molar-refractivity contribution in [3.63, 3.8) is 0 Å². The minimum atomic E-state index is -0.698. The summed E-state index contributed by atoms with van der Waals surface area (Å²) in [5.41, 5.74) is -1.17. The molecular weight excluding hydrogens is 306 g/mol. The second-order valence-corrected chi connectivity index (χ2v) is 8.31. The summed E-state index contributed by atoms with van der Waals surface area (Å²) in [6.45, 7) is 12.7. The molecular formula is C18H35N3O3. The summed E-state index contributed by atoms with van der Waals surface area (Å²) in [7, 11) is 0. The van der Waals surface area contributed by atoms with E-state index < -0.39 is 11.2 Å². The molecule has 0 aromatic carbocycles. The zero-order valence-electron chi connectivity index (χ0n) is 15.8. The van der Waals surface area contributed by atoms with Gasteiger partial charge in [-0.05, 0) is 59.5 Å². The third-order valence-corrected chi connectivity index (χ3v) is 4.90. The van der Waals surface area contributed by atoms with E-state index in [1.165, 1.54) is 0 Å². The van der Waals surface area contributed by atoms with Crippen molar-refractivity contribution in [1.29, 1.82) is 0 Å². The molecule has 2 aliphatic heterocycles. The van der Waals surface area contributed by atoms with Crippen LogP contribution in [0.2, 0.25) is 0 Å². The summed E-state index contributed by atoms with van der Waals surface area (Å²) in [6.07, 6.45) is 3.21. The van der Waals surface area contributed by atoms with Gasteiger partial charge in [0.25, 0.3) is 0 Å². The number of ether oxygens (including phenoxy) is 1. The number of carbonyl (C=O) groups is 1. The molecule has 24 heavy (non-hydrogen) atoms. The number of hydrogen-bond acceptors (Lipinski definition) is 5. The van der Waals surface area contributed by atoms with Crippen molar-refractivity contribution in [2.45, 2.75) is 70.6 Å². The summed E-state index contributed by atoms with van der Waals surface area (Å²) < 4.78 is 5.43. The molecule has 2 aliphatic rings. The number of likely N-dealkylation sites (tertiary alicyclic amines) is 1. The maximum absolute atomic E-state index is 12.2. The van der Waals surface area contributed by atoms with Gasteiger partial charge in [0.1, 0.15) is 5.60 Å². The molecule has 0 radical (unpaired) electrons. The summed E-state index contributed by atoms with van der Waals surface area (Å²) in [5, 5.41) is 14.4. The lowest BCUT2D eigenvalue weighted by atomic mass is 9.90. The average Bonchev–Trinajstić information content (AvgIpc) is 2.99. The maximum atomic E-state index is 12.2. The molecule has 140 valence electrons. The van der Waals surface area contributed by atoms with Gasteiger partial charge in [-0.3, -0.25) is 4.90 Å². The van der Waals surface area contributed by atoms with Gasteiger partial charge in [-0.15, -0.1) is 0 Å².